The third kappa shape index (κ3) is 3.96. The average molecular weight is 655 g/mol. The minimum absolute atomic E-state index is 0.214. The fourth-order valence-electron chi connectivity index (χ4n) is 9.02. The smallest absolute Gasteiger partial charge is 0.164 e. The largest absolute Gasteiger partial charge is 0.333 e. The van der Waals surface area contributed by atoms with Crippen LogP contribution >= 0.6 is 0 Å². The lowest BCUT2D eigenvalue weighted by molar-refractivity contribution is 0.633. The molecule has 2 aromatic heterocycles. The molecule has 0 spiro atoms. The molecule has 0 bridgehead atoms. The van der Waals surface area contributed by atoms with Gasteiger partial charge in [0.2, 0.25) is 0 Å². The number of allylic oxidation sites excluding steroid dienone is 2. The number of hydrogen-bond acceptors (Lipinski definition) is 3. The van der Waals surface area contributed by atoms with Gasteiger partial charge in [-0.2, -0.15) is 0 Å². The molecule has 0 N–H and O–H groups in total. The molecule has 0 saturated heterocycles. The Morgan fingerprint density at radius 2 is 1.35 bits per heavy atom. The van der Waals surface area contributed by atoms with Crippen molar-refractivity contribution >= 4 is 44.0 Å². The second kappa shape index (κ2) is 10.4. The molecule has 6 aromatic carbocycles. The predicted octanol–water partition coefficient (Wildman–Crippen LogP) is 11.4. The van der Waals surface area contributed by atoms with E-state index in [1.807, 2.05) is 0 Å². The van der Waals surface area contributed by atoms with Gasteiger partial charge in [0.15, 0.2) is 5.82 Å². The maximum Gasteiger partial charge on any atom is 0.164 e. The summed E-state index contributed by atoms with van der Waals surface area (Å²) in [4.78, 5) is 13.9. The maximum absolute atomic E-state index is 5.73. The van der Waals surface area contributed by atoms with Crippen LogP contribution in [0.2, 0.25) is 0 Å². The van der Waals surface area contributed by atoms with Gasteiger partial charge in [-0.1, -0.05) is 135 Å². The summed E-state index contributed by atoms with van der Waals surface area (Å²) in [5.41, 5.74) is 12.1. The van der Waals surface area contributed by atoms with Crippen molar-refractivity contribution in [3.05, 3.63) is 175 Å². The van der Waals surface area contributed by atoms with Crippen molar-refractivity contribution in [3.8, 4) is 28.3 Å². The Balaban J connectivity index is 1.23. The normalized spacial score (nSPS) is 18.0. The molecule has 4 nitrogen and oxygen atoms in total. The van der Waals surface area contributed by atoms with E-state index >= 15 is 0 Å². The zero-order chi connectivity index (χ0) is 33.8. The number of nitrogens with zero attached hydrogens (tertiary/aromatic N) is 4. The van der Waals surface area contributed by atoms with Crippen LogP contribution in [-0.4, -0.2) is 20.6 Å². The number of aromatic nitrogens is 3. The molecular formula is C47H34N4. The molecule has 2 aliphatic carbocycles. The number of hydrogen-bond donors (Lipinski definition) is 0. The lowest BCUT2D eigenvalue weighted by Gasteiger charge is -2.28. The first-order valence-corrected chi connectivity index (χ1v) is 17.8. The van der Waals surface area contributed by atoms with Gasteiger partial charge in [-0.15, -0.1) is 0 Å². The third-order valence-corrected chi connectivity index (χ3v) is 11.4. The minimum atomic E-state index is -0.298. The van der Waals surface area contributed by atoms with Gasteiger partial charge in [0.05, 0.1) is 28.5 Å². The molecule has 0 radical (unpaired) electrons. The Morgan fingerprint density at radius 1 is 0.608 bits per heavy atom. The van der Waals surface area contributed by atoms with Gasteiger partial charge in [-0.25, -0.2) is 9.97 Å². The molecule has 51 heavy (non-hydrogen) atoms. The minimum Gasteiger partial charge on any atom is -0.333 e. The van der Waals surface area contributed by atoms with Crippen LogP contribution in [0.15, 0.2) is 158 Å². The van der Waals surface area contributed by atoms with Gasteiger partial charge in [-0.05, 0) is 58.3 Å². The quantitative estimate of drug-likeness (QED) is 0.190. The van der Waals surface area contributed by atoms with Crippen LogP contribution in [0.25, 0.3) is 60.9 Å². The Kier molecular flexibility index (Phi) is 5.81. The van der Waals surface area contributed by atoms with Gasteiger partial charge in [0.25, 0.3) is 0 Å². The fourth-order valence-corrected chi connectivity index (χ4v) is 9.02. The zero-order valence-electron chi connectivity index (χ0n) is 28.5. The Bertz CT molecular complexity index is 2800. The fraction of sp³-hybridized carbons (Fsp3) is 0.106. The van der Waals surface area contributed by atoms with Crippen LogP contribution in [0, 0.1) is 0 Å². The summed E-state index contributed by atoms with van der Waals surface area (Å²) in [6, 6.07) is 48.7. The van der Waals surface area contributed by atoms with Gasteiger partial charge in [0.1, 0.15) is 5.69 Å². The van der Waals surface area contributed by atoms with Crippen LogP contribution in [0.1, 0.15) is 36.6 Å². The molecule has 3 heterocycles. The Labute approximate surface area is 296 Å². The molecule has 2 unspecified atom stereocenters. The summed E-state index contributed by atoms with van der Waals surface area (Å²) in [5.74, 6) is 1.14. The second-order valence-electron chi connectivity index (χ2n) is 14.6. The highest BCUT2D eigenvalue weighted by Gasteiger charge is 2.41. The van der Waals surface area contributed by atoms with Crippen molar-refractivity contribution in [2.24, 2.45) is 0 Å². The van der Waals surface area contributed by atoms with E-state index in [0.29, 0.717) is 0 Å². The van der Waals surface area contributed by atoms with Crippen LogP contribution < -0.4 is 4.90 Å². The molecule has 11 rings (SSSR count). The van der Waals surface area contributed by atoms with Crippen LogP contribution in [0.3, 0.4) is 0 Å². The summed E-state index contributed by atoms with van der Waals surface area (Å²) < 4.78 is 2.37. The lowest BCUT2D eigenvalue weighted by atomic mass is 9.85. The summed E-state index contributed by atoms with van der Waals surface area (Å²) >= 11 is 0. The molecule has 0 fully saturated rings. The van der Waals surface area contributed by atoms with E-state index in [-0.39, 0.29) is 17.4 Å². The van der Waals surface area contributed by atoms with Crippen molar-refractivity contribution in [3.63, 3.8) is 0 Å². The Morgan fingerprint density at radius 3 is 2.24 bits per heavy atom. The topological polar surface area (TPSA) is 34.0 Å². The zero-order valence-corrected chi connectivity index (χ0v) is 28.5. The van der Waals surface area contributed by atoms with E-state index in [1.165, 1.54) is 49.6 Å². The summed E-state index contributed by atoms with van der Waals surface area (Å²) in [6.45, 7) is 4.57. The molecule has 0 saturated carbocycles. The lowest BCUT2D eigenvalue weighted by Crippen LogP contribution is -2.28. The molecular weight excluding hydrogens is 621 g/mol. The number of para-hydroxylation sites is 2. The first kappa shape index (κ1) is 28.6. The highest BCUT2D eigenvalue weighted by atomic mass is 15.2. The van der Waals surface area contributed by atoms with E-state index in [1.54, 1.807) is 0 Å². The van der Waals surface area contributed by atoms with Crippen molar-refractivity contribution < 1.29 is 0 Å². The van der Waals surface area contributed by atoms with Crippen LogP contribution in [0.5, 0.6) is 0 Å². The standard InChI is InChI=1S/C47H34N4/c1-47(2)38-21-11-8-20-36(38)44-45(47)49-46(51-40-23-13-10-19-34(40)37-26-29-14-6-7-15-30(29)27-42(37)51)43(48-44)31-24-25-35-33-18-9-12-22-39(33)50(41(35)28-31)32-16-4-3-5-17-32/h3-28,33,39H,1-2H3. The van der Waals surface area contributed by atoms with Crippen LogP contribution in [-0.2, 0) is 5.41 Å². The SMILES string of the molecule is CC1(C)c2ccccc2-c2nc(-c3ccc4c(c3)N(c3ccccc3)C3C=CC=CC43)c(-n3c4ccccc4c4cc5ccccc5cc43)nc21. The third-order valence-electron chi connectivity index (χ3n) is 11.4. The molecule has 8 aromatic rings. The molecule has 242 valence electrons. The molecule has 1 aliphatic heterocycles. The monoisotopic (exact) mass is 654 g/mol. The molecule has 4 heteroatoms. The maximum atomic E-state index is 5.73. The van der Waals surface area contributed by atoms with Crippen molar-refractivity contribution in [2.45, 2.75) is 31.2 Å². The van der Waals surface area contributed by atoms with E-state index < -0.39 is 0 Å². The van der Waals surface area contributed by atoms with E-state index in [2.05, 4.69) is 181 Å². The highest BCUT2D eigenvalue weighted by Crippen LogP contribution is 2.51. The first-order chi connectivity index (χ1) is 25.1. The van der Waals surface area contributed by atoms with E-state index in [4.69, 9.17) is 9.97 Å². The molecule has 3 aliphatic rings. The number of fused-ring (bicyclic) bond motifs is 10. The Hall–Kier alpha value is -6.26. The van der Waals surface area contributed by atoms with Gasteiger partial charge >= 0.3 is 0 Å². The van der Waals surface area contributed by atoms with Crippen LogP contribution in [0.4, 0.5) is 11.4 Å². The average Bonchev–Trinajstić information content (AvgIpc) is 3.76. The first-order valence-electron chi connectivity index (χ1n) is 17.8. The van der Waals surface area contributed by atoms with Crippen molar-refractivity contribution in [1.29, 1.82) is 0 Å². The van der Waals surface area contributed by atoms with E-state index in [0.717, 1.165) is 39.5 Å². The van der Waals surface area contributed by atoms with Gasteiger partial charge in [-0.3, -0.25) is 4.57 Å². The molecule has 2 atom stereocenters. The summed E-state index contributed by atoms with van der Waals surface area (Å²) in [6.07, 6.45) is 9.04. The number of benzene rings is 6. The number of rotatable bonds is 3. The van der Waals surface area contributed by atoms with Crippen molar-refractivity contribution in [1.82, 2.24) is 14.5 Å². The van der Waals surface area contributed by atoms with Gasteiger partial charge < -0.3 is 4.90 Å². The molecule has 0 amide bonds. The van der Waals surface area contributed by atoms with Crippen molar-refractivity contribution in [2.75, 3.05) is 4.90 Å². The predicted molar refractivity (Wildman–Crippen MR) is 210 cm³/mol. The second-order valence-corrected chi connectivity index (χ2v) is 14.6. The number of anilines is 2. The van der Waals surface area contributed by atoms with E-state index in [9.17, 15) is 0 Å². The van der Waals surface area contributed by atoms with Gasteiger partial charge in [0, 0.05) is 44.6 Å². The summed E-state index contributed by atoms with van der Waals surface area (Å²) in [7, 11) is 0. The summed E-state index contributed by atoms with van der Waals surface area (Å²) in [5, 5.41) is 4.86. The highest BCUT2D eigenvalue weighted by molar-refractivity contribution is 6.13.